The zero-order chi connectivity index (χ0) is 15.6. The van der Waals surface area contributed by atoms with Crippen LogP contribution in [0, 0.1) is 0 Å². The Hall–Kier alpha value is -2.73. The number of pyridine rings is 1. The summed E-state index contributed by atoms with van der Waals surface area (Å²) in [6, 6.07) is 13.8. The quantitative estimate of drug-likeness (QED) is 0.800. The average Bonchev–Trinajstić information content (AvgIpc) is 3.25. The second kappa shape index (κ2) is 5.81. The van der Waals surface area contributed by atoms with E-state index in [0.717, 1.165) is 36.5 Å². The van der Waals surface area contributed by atoms with E-state index in [-0.39, 0.29) is 6.04 Å². The minimum absolute atomic E-state index is 0.187. The van der Waals surface area contributed by atoms with Crippen molar-refractivity contribution in [3.63, 3.8) is 0 Å². The molecule has 1 aromatic carbocycles. The summed E-state index contributed by atoms with van der Waals surface area (Å²) in [6.07, 6.45) is 2.74. The van der Waals surface area contributed by atoms with Crippen LogP contribution in [-0.2, 0) is 0 Å². The van der Waals surface area contributed by atoms with Crippen molar-refractivity contribution in [1.82, 2.24) is 15.1 Å². The maximum atomic E-state index is 6.01. The van der Waals surface area contributed by atoms with Gasteiger partial charge in [0.2, 0.25) is 5.82 Å². The lowest BCUT2D eigenvalue weighted by molar-refractivity contribution is 0.432. The standard InChI is InChI=1S/C17H17N5O/c18-13-8-10-22(11-13)16-14(7-4-9-19-16)17-20-15(21-23-17)12-5-2-1-3-6-12/h1-7,9,13H,8,10-11,18H2. The van der Waals surface area contributed by atoms with Crippen LogP contribution < -0.4 is 10.6 Å². The Morgan fingerprint density at radius 3 is 2.78 bits per heavy atom. The fraction of sp³-hybridized carbons (Fsp3) is 0.235. The van der Waals surface area contributed by atoms with Crippen LogP contribution in [0.15, 0.2) is 53.2 Å². The molecule has 3 aromatic rings. The molecule has 0 radical (unpaired) electrons. The van der Waals surface area contributed by atoms with Gasteiger partial charge in [-0.05, 0) is 18.6 Å². The first-order chi connectivity index (χ1) is 11.3. The summed E-state index contributed by atoms with van der Waals surface area (Å²) in [5.74, 6) is 1.91. The van der Waals surface area contributed by atoms with Gasteiger partial charge in [0.25, 0.3) is 5.89 Å². The molecule has 6 nitrogen and oxygen atoms in total. The molecule has 4 rings (SSSR count). The fourth-order valence-electron chi connectivity index (χ4n) is 2.83. The number of benzene rings is 1. The van der Waals surface area contributed by atoms with Gasteiger partial charge in [-0.2, -0.15) is 4.98 Å². The van der Waals surface area contributed by atoms with Crippen LogP contribution in [0.3, 0.4) is 0 Å². The van der Waals surface area contributed by atoms with Crippen LogP contribution in [0.1, 0.15) is 6.42 Å². The summed E-state index contributed by atoms with van der Waals surface area (Å²) in [5, 5.41) is 4.09. The lowest BCUT2D eigenvalue weighted by atomic mass is 10.2. The molecule has 0 saturated carbocycles. The normalized spacial score (nSPS) is 17.6. The van der Waals surface area contributed by atoms with Crippen molar-refractivity contribution >= 4 is 5.82 Å². The van der Waals surface area contributed by atoms with E-state index in [4.69, 9.17) is 10.3 Å². The maximum absolute atomic E-state index is 6.01. The zero-order valence-corrected chi connectivity index (χ0v) is 12.6. The molecule has 2 aromatic heterocycles. The Labute approximate surface area is 134 Å². The molecule has 3 heterocycles. The van der Waals surface area contributed by atoms with Gasteiger partial charge in [-0.1, -0.05) is 35.5 Å². The average molecular weight is 307 g/mol. The first-order valence-electron chi connectivity index (χ1n) is 7.66. The number of aromatic nitrogens is 3. The third-order valence-electron chi connectivity index (χ3n) is 4.00. The summed E-state index contributed by atoms with van der Waals surface area (Å²) >= 11 is 0. The maximum Gasteiger partial charge on any atom is 0.261 e. The summed E-state index contributed by atoms with van der Waals surface area (Å²) in [4.78, 5) is 11.2. The molecule has 1 unspecified atom stereocenters. The zero-order valence-electron chi connectivity index (χ0n) is 12.6. The largest absolute Gasteiger partial charge is 0.354 e. The van der Waals surface area contributed by atoms with Crippen molar-refractivity contribution in [1.29, 1.82) is 0 Å². The molecular formula is C17H17N5O. The highest BCUT2D eigenvalue weighted by molar-refractivity contribution is 5.71. The van der Waals surface area contributed by atoms with Crippen LogP contribution in [0.25, 0.3) is 22.8 Å². The van der Waals surface area contributed by atoms with E-state index in [0.29, 0.717) is 11.7 Å². The van der Waals surface area contributed by atoms with E-state index in [2.05, 4.69) is 20.0 Å². The second-order valence-electron chi connectivity index (χ2n) is 5.66. The Balaban J connectivity index is 1.70. The van der Waals surface area contributed by atoms with Gasteiger partial charge in [-0.25, -0.2) is 4.98 Å². The topological polar surface area (TPSA) is 81.1 Å². The van der Waals surface area contributed by atoms with E-state index in [9.17, 15) is 0 Å². The van der Waals surface area contributed by atoms with Crippen LogP contribution >= 0.6 is 0 Å². The van der Waals surface area contributed by atoms with Gasteiger partial charge in [0.05, 0.1) is 5.56 Å². The molecule has 0 spiro atoms. The molecule has 1 fully saturated rings. The van der Waals surface area contributed by atoms with Crippen LogP contribution in [0.2, 0.25) is 0 Å². The van der Waals surface area contributed by atoms with E-state index >= 15 is 0 Å². The van der Waals surface area contributed by atoms with Crippen molar-refractivity contribution < 1.29 is 4.52 Å². The molecular weight excluding hydrogens is 290 g/mol. The monoisotopic (exact) mass is 307 g/mol. The minimum Gasteiger partial charge on any atom is -0.354 e. The summed E-state index contributed by atoms with van der Waals surface area (Å²) < 4.78 is 5.47. The summed E-state index contributed by atoms with van der Waals surface area (Å²) in [6.45, 7) is 1.69. The number of nitrogens with two attached hydrogens (primary N) is 1. The van der Waals surface area contributed by atoms with Gasteiger partial charge in [-0.15, -0.1) is 0 Å². The van der Waals surface area contributed by atoms with Crippen molar-refractivity contribution in [2.24, 2.45) is 5.73 Å². The molecule has 0 bridgehead atoms. The van der Waals surface area contributed by atoms with E-state index in [1.807, 2.05) is 42.5 Å². The smallest absolute Gasteiger partial charge is 0.261 e. The van der Waals surface area contributed by atoms with Crippen molar-refractivity contribution in [2.75, 3.05) is 18.0 Å². The van der Waals surface area contributed by atoms with Gasteiger partial charge in [0.1, 0.15) is 5.82 Å². The Morgan fingerprint density at radius 2 is 2.00 bits per heavy atom. The van der Waals surface area contributed by atoms with E-state index in [1.54, 1.807) is 6.20 Å². The molecule has 116 valence electrons. The minimum atomic E-state index is 0.187. The summed E-state index contributed by atoms with van der Waals surface area (Å²) in [5.41, 5.74) is 7.78. The van der Waals surface area contributed by atoms with Gasteiger partial charge in [0.15, 0.2) is 0 Å². The van der Waals surface area contributed by atoms with Crippen molar-refractivity contribution in [3.8, 4) is 22.8 Å². The molecule has 1 saturated heterocycles. The molecule has 2 N–H and O–H groups in total. The van der Waals surface area contributed by atoms with Gasteiger partial charge < -0.3 is 15.2 Å². The Bertz CT molecular complexity index is 802. The highest BCUT2D eigenvalue weighted by Gasteiger charge is 2.24. The lowest BCUT2D eigenvalue weighted by Crippen LogP contribution is -2.27. The molecule has 1 aliphatic heterocycles. The first-order valence-corrected chi connectivity index (χ1v) is 7.66. The highest BCUT2D eigenvalue weighted by atomic mass is 16.5. The molecule has 1 atom stereocenters. The molecule has 23 heavy (non-hydrogen) atoms. The van der Waals surface area contributed by atoms with Gasteiger partial charge in [0, 0.05) is 30.9 Å². The highest BCUT2D eigenvalue weighted by Crippen LogP contribution is 2.30. The van der Waals surface area contributed by atoms with Gasteiger partial charge in [-0.3, -0.25) is 0 Å². The third-order valence-corrected chi connectivity index (χ3v) is 4.00. The van der Waals surface area contributed by atoms with Gasteiger partial charge >= 0.3 is 0 Å². The number of nitrogens with zero attached hydrogens (tertiary/aromatic N) is 4. The van der Waals surface area contributed by atoms with E-state index in [1.165, 1.54) is 0 Å². The number of anilines is 1. The predicted molar refractivity (Wildman–Crippen MR) is 87.8 cm³/mol. The first kappa shape index (κ1) is 13.9. The van der Waals surface area contributed by atoms with Crippen LogP contribution in [0.4, 0.5) is 5.82 Å². The Morgan fingerprint density at radius 1 is 1.13 bits per heavy atom. The number of rotatable bonds is 3. The molecule has 0 aliphatic carbocycles. The number of hydrogen-bond donors (Lipinski definition) is 1. The predicted octanol–water partition coefficient (Wildman–Crippen LogP) is 2.34. The lowest BCUT2D eigenvalue weighted by Gasteiger charge is -2.18. The third kappa shape index (κ3) is 2.68. The van der Waals surface area contributed by atoms with Crippen molar-refractivity contribution in [3.05, 3.63) is 48.7 Å². The van der Waals surface area contributed by atoms with E-state index < -0.39 is 0 Å². The van der Waals surface area contributed by atoms with Crippen LogP contribution in [-0.4, -0.2) is 34.3 Å². The Kier molecular flexibility index (Phi) is 3.51. The number of hydrogen-bond acceptors (Lipinski definition) is 6. The SMILES string of the molecule is NC1CCN(c2ncccc2-c2nc(-c3ccccc3)no2)C1. The summed E-state index contributed by atoms with van der Waals surface area (Å²) in [7, 11) is 0. The molecule has 1 aliphatic rings. The molecule has 0 amide bonds. The van der Waals surface area contributed by atoms with Crippen molar-refractivity contribution in [2.45, 2.75) is 12.5 Å². The molecule has 6 heteroatoms. The second-order valence-corrected chi connectivity index (χ2v) is 5.66. The fourth-order valence-corrected chi connectivity index (χ4v) is 2.83. The van der Waals surface area contributed by atoms with Crippen LogP contribution in [0.5, 0.6) is 0 Å².